The number of aromatic nitrogens is 1. The van der Waals surface area contributed by atoms with Crippen LogP contribution in [0.1, 0.15) is 11.3 Å². The highest BCUT2D eigenvalue weighted by atomic mass is 79.9. The first kappa shape index (κ1) is 12.0. The third kappa shape index (κ3) is 3.19. The molecule has 1 aromatic heterocycles. The summed E-state index contributed by atoms with van der Waals surface area (Å²) in [6, 6.07) is 1.92. The van der Waals surface area contributed by atoms with Crippen molar-refractivity contribution in [2.45, 2.75) is 12.6 Å². The van der Waals surface area contributed by atoms with Gasteiger partial charge in [-0.3, -0.25) is 4.79 Å². The summed E-state index contributed by atoms with van der Waals surface area (Å²) in [5, 5.41) is 8.43. The van der Waals surface area contributed by atoms with Gasteiger partial charge in [0.15, 0.2) is 0 Å². The van der Waals surface area contributed by atoms with Crippen LogP contribution >= 0.6 is 15.9 Å². The summed E-state index contributed by atoms with van der Waals surface area (Å²) in [4.78, 5) is 13.8. The number of carboxylic acid groups (broad SMARTS) is 1. The van der Waals surface area contributed by atoms with E-state index < -0.39 is 29.8 Å². The minimum Gasteiger partial charge on any atom is -0.481 e. The third-order valence-electron chi connectivity index (χ3n) is 1.56. The summed E-state index contributed by atoms with van der Waals surface area (Å²) in [6.45, 7) is 0. The molecule has 0 unspecified atom stereocenters. The van der Waals surface area contributed by atoms with E-state index in [1.807, 2.05) is 0 Å². The molecule has 15 heavy (non-hydrogen) atoms. The molecule has 3 nitrogen and oxygen atoms in total. The zero-order valence-corrected chi connectivity index (χ0v) is 8.76. The number of hydrogen-bond acceptors (Lipinski definition) is 2. The Morgan fingerprint density at radius 1 is 1.47 bits per heavy atom. The van der Waals surface area contributed by atoms with Gasteiger partial charge in [-0.2, -0.15) is 13.2 Å². The third-order valence-corrected chi connectivity index (χ3v) is 2.01. The number of carbonyl (C=O) groups is 1. The smallest absolute Gasteiger partial charge is 0.418 e. The number of rotatable bonds is 2. The highest BCUT2D eigenvalue weighted by molar-refractivity contribution is 9.10. The lowest BCUT2D eigenvalue weighted by atomic mass is 10.1. The predicted octanol–water partition coefficient (Wildman–Crippen LogP) is 2.49. The maximum absolute atomic E-state index is 12.4. The lowest BCUT2D eigenvalue weighted by molar-refractivity contribution is -0.140. The largest absolute Gasteiger partial charge is 0.481 e. The van der Waals surface area contributed by atoms with E-state index in [0.717, 1.165) is 12.1 Å². The van der Waals surface area contributed by atoms with Crippen molar-refractivity contribution in [3.63, 3.8) is 0 Å². The molecule has 1 rings (SSSR count). The normalized spacial score (nSPS) is 11.5. The number of halogens is 4. The minimum atomic E-state index is -4.58. The fourth-order valence-corrected chi connectivity index (χ4v) is 1.36. The SMILES string of the molecule is O=C(O)Cc1nc(Br)ccc1C(F)(F)F. The highest BCUT2D eigenvalue weighted by Gasteiger charge is 2.34. The van der Waals surface area contributed by atoms with Gasteiger partial charge in [0.2, 0.25) is 0 Å². The van der Waals surface area contributed by atoms with Crippen LogP contribution in [-0.4, -0.2) is 16.1 Å². The van der Waals surface area contributed by atoms with Gasteiger partial charge in [0.1, 0.15) is 4.60 Å². The first-order valence-electron chi connectivity index (χ1n) is 3.75. The van der Waals surface area contributed by atoms with Crippen molar-refractivity contribution in [3.8, 4) is 0 Å². The van der Waals surface area contributed by atoms with Gasteiger partial charge < -0.3 is 5.11 Å². The summed E-state index contributed by atoms with van der Waals surface area (Å²) < 4.78 is 37.3. The molecule has 1 aromatic rings. The molecule has 0 saturated carbocycles. The Morgan fingerprint density at radius 3 is 2.53 bits per heavy atom. The summed E-state index contributed by atoms with van der Waals surface area (Å²) in [6.07, 6.45) is -5.34. The van der Waals surface area contributed by atoms with E-state index in [2.05, 4.69) is 20.9 Å². The second-order valence-electron chi connectivity index (χ2n) is 2.70. The zero-order chi connectivity index (χ0) is 11.6. The molecule has 0 saturated heterocycles. The van der Waals surface area contributed by atoms with Crippen LogP contribution in [0.25, 0.3) is 0 Å². The van der Waals surface area contributed by atoms with Crippen molar-refractivity contribution in [1.29, 1.82) is 0 Å². The van der Waals surface area contributed by atoms with Crippen molar-refractivity contribution in [1.82, 2.24) is 4.98 Å². The Bertz CT molecular complexity index is 392. The molecule has 0 bridgehead atoms. The van der Waals surface area contributed by atoms with E-state index in [1.165, 1.54) is 0 Å². The average molecular weight is 284 g/mol. The number of nitrogens with zero attached hydrogens (tertiary/aromatic N) is 1. The van der Waals surface area contributed by atoms with Crippen LogP contribution in [-0.2, 0) is 17.4 Å². The molecule has 7 heteroatoms. The fraction of sp³-hybridized carbons (Fsp3) is 0.250. The maximum Gasteiger partial charge on any atom is 0.418 e. The topological polar surface area (TPSA) is 50.2 Å². The van der Waals surface area contributed by atoms with E-state index in [9.17, 15) is 18.0 Å². The number of pyridine rings is 1. The van der Waals surface area contributed by atoms with Crippen molar-refractivity contribution < 1.29 is 23.1 Å². The van der Waals surface area contributed by atoms with Gasteiger partial charge in [0, 0.05) is 0 Å². The van der Waals surface area contributed by atoms with E-state index >= 15 is 0 Å². The molecule has 0 amide bonds. The van der Waals surface area contributed by atoms with Gasteiger partial charge in [-0.15, -0.1) is 0 Å². The van der Waals surface area contributed by atoms with Crippen LogP contribution in [0.5, 0.6) is 0 Å². The van der Waals surface area contributed by atoms with E-state index in [1.54, 1.807) is 0 Å². The van der Waals surface area contributed by atoms with E-state index in [0.29, 0.717) is 0 Å². The van der Waals surface area contributed by atoms with E-state index in [4.69, 9.17) is 5.11 Å². The van der Waals surface area contributed by atoms with Crippen LogP contribution in [0.15, 0.2) is 16.7 Å². The summed E-state index contributed by atoms with van der Waals surface area (Å²) in [5.41, 5.74) is -1.52. The number of aliphatic carboxylic acids is 1. The van der Waals surface area contributed by atoms with Gasteiger partial charge in [0.25, 0.3) is 0 Å². The Hall–Kier alpha value is -1.11. The second kappa shape index (κ2) is 4.18. The molecule has 82 valence electrons. The molecule has 0 atom stereocenters. The van der Waals surface area contributed by atoms with Crippen molar-refractivity contribution in [2.24, 2.45) is 0 Å². The number of alkyl halides is 3. The predicted molar refractivity (Wildman–Crippen MR) is 48.3 cm³/mol. The Balaban J connectivity index is 3.20. The second-order valence-corrected chi connectivity index (χ2v) is 3.51. The van der Waals surface area contributed by atoms with E-state index in [-0.39, 0.29) is 4.60 Å². The molecule has 0 aliphatic carbocycles. The highest BCUT2D eigenvalue weighted by Crippen LogP contribution is 2.32. The maximum atomic E-state index is 12.4. The lowest BCUT2D eigenvalue weighted by Crippen LogP contribution is -2.14. The van der Waals surface area contributed by atoms with Gasteiger partial charge in [-0.1, -0.05) is 0 Å². The summed E-state index contributed by atoms with van der Waals surface area (Å²) >= 11 is 2.88. The monoisotopic (exact) mass is 283 g/mol. The lowest BCUT2D eigenvalue weighted by Gasteiger charge is -2.10. The molecule has 0 aromatic carbocycles. The molecular formula is C8H5BrF3NO2. The Labute approximate surface area is 91.1 Å². The minimum absolute atomic E-state index is 0.173. The van der Waals surface area contributed by atoms with Crippen molar-refractivity contribution in [3.05, 3.63) is 28.0 Å². The van der Waals surface area contributed by atoms with Crippen molar-refractivity contribution in [2.75, 3.05) is 0 Å². The Kier molecular flexibility index (Phi) is 3.33. The standard InChI is InChI=1S/C8H5BrF3NO2/c9-6-2-1-4(8(10,11)12)5(13-6)3-7(14)15/h1-2H,3H2,(H,14,15). The molecule has 0 spiro atoms. The zero-order valence-electron chi connectivity index (χ0n) is 7.18. The summed E-state index contributed by atoms with van der Waals surface area (Å²) in [5.74, 6) is -1.36. The van der Waals surface area contributed by atoms with Gasteiger partial charge in [-0.05, 0) is 28.1 Å². The van der Waals surface area contributed by atoms with Crippen molar-refractivity contribution >= 4 is 21.9 Å². The molecule has 0 fully saturated rings. The first-order valence-corrected chi connectivity index (χ1v) is 4.54. The van der Waals surface area contributed by atoms with Gasteiger partial charge >= 0.3 is 12.1 Å². The molecule has 1 heterocycles. The fourth-order valence-electron chi connectivity index (χ4n) is 1.01. The van der Waals surface area contributed by atoms with Crippen LogP contribution < -0.4 is 0 Å². The van der Waals surface area contributed by atoms with Crippen LogP contribution in [0.4, 0.5) is 13.2 Å². The van der Waals surface area contributed by atoms with Crippen LogP contribution in [0.3, 0.4) is 0 Å². The molecule has 0 aliphatic heterocycles. The van der Waals surface area contributed by atoms with Gasteiger partial charge in [-0.25, -0.2) is 4.98 Å². The molecule has 0 aliphatic rings. The first-order chi connectivity index (χ1) is 6.80. The average Bonchev–Trinajstić information content (AvgIpc) is 1.99. The molecule has 0 radical (unpaired) electrons. The Morgan fingerprint density at radius 2 is 2.07 bits per heavy atom. The molecular weight excluding hydrogens is 279 g/mol. The number of hydrogen-bond donors (Lipinski definition) is 1. The number of carboxylic acids is 1. The quantitative estimate of drug-likeness (QED) is 0.849. The molecule has 1 N–H and O–H groups in total. The van der Waals surface area contributed by atoms with Crippen LogP contribution in [0, 0.1) is 0 Å². The van der Waals surface area contributed by atoms with Crippen LogP contribution in [0.2, 0.25) is 0 Å². The summed E-state index contributed by atoms with van der Waals surface area (Å²) in [7, 11) is 0. The van der Waals surface area contributed by atoms with Gasteiger partial charge in [0.05, 0.1) is 17.7 Å².